The van der Waals surface area contributed by atoms with Crippen LogP contribution >= 0.6 is 0 Å². The molecule has 4 aromatic rings. The Bertz CT molecular complexity index is 1310. The van der Waals surface area contributed by atoms with Crippen LogP contribution in [-0.2, 0) is 6.54 Å². The van der Waals surface area contributed by atoms with Gasteiger partial charge >= 0.3 is 5.97 Å². The molecule has 0 amide bonds. The summed E-state index contributed by atoms with van der Waals surface area (Å²) in [6.07, 6.45) is 1.06. The van der Waals surface area contributed by atoms with E-state index in [0.29, 0.717) is 23.9 Å². The summed E-state index contributed by atoms with van der Waals surface area (Å²) in [4.78, 5) is 14.2. The predicted molar refractivity (Wildman–Crippen MR) is 146 cm³/mol. The minimum atomic E-state index is -0.855. The Labute approximate surface area is 213 Å². The van der Waals surface area contributed by atoms with Crippen molar-refractivity contribution in [1.82, 2.24) is 10.2 Å². The maximum absolute atomic E-state index is 11.7. The number of rotatable bonds is 8. The summed E-state index contributed by atoms with van der Waals surface area (Å²) >= 11 is 0. The number of carboxylic acids is 1. The number of carbonyl (C=O) groups is 1. The van der Waals surface area contributed by atoms with E-state index < -0.39 is 5.97 Å². The molecule has 1 aliphatic heterocycles. The zero-order valence-corrected chi connectivity index (χ0v) is 20.8. The van der Waals surface area contributed by atoms with Crippen molar-refractivity contribution < 1.29 is 9.90 Å². The summed E-state index contributed by atoms with van der Waals surface area (Å²) in [6.45, 7) is 5.72. The minimum Gasteiger partial charge on any atom is -0.478 e. The van der Waals surface area contributed by atoms with Crippen LogP contribution in [0.2, 0.25) is 0 Å². The lowest BCUT2D eigenvalue weighted by atomic mass is 9.80. The first-order valence-electron chi connectivity index (χ1n) is 12.9. The third-order valence-electron chi connectivity index (χ3n) is 7.66. The smallest absolute Gasteiger partial charge is 0.336 e. The Balaban J connectivity index is 1.34. The van der Waals surface area contributed by atoms with Crippen molar-refractivity contribution in [3.05, 3.63) is 119 Å². The summed E-state index contributed by atoms with van der Waals surface area (Å²) in [5, 5.41) is 16.1. The van der Waals surface area contributed by atoms with Crippen molar-refractivity contribution in [2.75, 3.05) is 19.6 Å². The van der Waals surface area contributed by atoms with Gasteiger partial charge in [-0.15, -0.1) is 0 Å². The molecule has 0 spiro atoms. The van der Waals surface area contributed by atoms with Crippen molar-refractivity contribution >= 4 is 16.7 Å². The first-order valence-corrected chi connectivity index (χ1v) is 12.9. The van der Waals surface area contributed by atoms with E-state index in [1.807, 2.05) is 12.1 Å². The highest BCUT2D eigenvalue weighted by molar-refractivity contribution is 5.89. The van der Waals surface area contributed by atoms with Gasteiger partial charge in [-0.25, -0.2) is 4.79 Å². The molecule has 0 aromatic heterocycles. The highest BCUT2D eigenvalue weighted by atomic mass is 16.4. The van der Waals surface area contributed by atoms with Crippen molar-refractivity contribution in [3.8, 4) is 0 Å². The molecule has 3 atom stereocenters. The largest absolute Gasteiger partial charge is 0.478 e. The van der Waals surface area contributed by atoms with Crippen LogP contribution in [-0.4, -0.2) is 35.6 Å². The average molecular weight is 479 g/mol. The molecule has 4 heteroatoms. The Morgan fingerprint density at radius 2 is 1.67 bits per heavy atom. The monoisotopic (exact) mass is 478 g/mol. The number of benzene rings is 4. The average Bonchev–Trinajstić information content (AvgIpc) is 2.92. The molecule has 0 bridgehead atoms. The molecule has 0 aliphatic carbocycles. The standard InChI is InChI=1S/C32H34N2O2/c1-23(28-17-9-14-25-12-5-7-15-30(25)28)33-20-27-22-34(19-18-29(27)24-10-3-2-4-11-24)21-26-13-6-8-16-31(26)32(35)36/h2-17,23,27,29,33H,18-22H2,1H3,(H,35,36)/t23-,27?,29?/m1/s1. The summed E-state index contributed by atoms with van der Waals surface area (Å²) in [6, 6.07) is 33.6. The Morgan fingerprint density at radius 3 is 2.50 bits per heavy atom. The molecule has 36 heavy (non-hydrogen) atoms. The Morgan fingerprint density at radius 1 is 0.944 bits per heavy atom. The van der Waals surface area contributed by atoms with Gasteiger partial charge in [0.1, 0.15) is 0 Å². The topological polar surface area (TPSA) is 52.6 Å². The van der Waals surface area contributed by atoms with Crippen LogP contribution in [0.5, 0.6) is 0 Å². The van der Waals surface area contributed by atoms with Crippen molar-refractivity contribution in [3.63, 3.8) is 0 Å². The number of nitrogens with one attached hydrogen (secondary N) is 1. The minimum absolute atomic E-state index is 0.232. The van der Waals surface area contributed by atoms with E-state index in [0.717, 1.165) is 31.6 Å². The number of fused-ring (bicyclic) bond motifs is 1. The zero-order valence-electron chi connectivity index (χ0n) is 20.8. The van der Waals surface area contributed by atoms with Crippen molar-refractivity contribution in [2.45, 2.75) is 31.8 Å². The number of carboxylic acid groups (broad SMARTS) is 1. The zero-order chi connectivity index (χ0) is 24.9. The van der Waals surface area contributed by atoms with Crippen LogP contribution in [0.4, 0.5) is 0 Å². The summed E-state index contributed by atoms with van der Waals surface area (Å²) in [7, 11) is 0. The number of likely N-dealkylation sites (tertiary alicyclic amines) is 1. The van der Waals surface area contributed by atoms with E-state index in [-0.39, 0.29) is 6.04 Å². The van der Waals surface area contributed by atoms with Gasteiger partial charge in [-0.05, 0) is 65.3 Å². The van der Waals surface area contributed by atoms with E-state index in [1.165, 1.54) is 21.9 Å². The molecule has 4 aromatic carbocycles. The van der Waals surface area contributed by atoms with Gasteiger partial charge in [0.25, 0.3) is 0 Å². The van der Waals surface area contributed by atoms with E-state index in [9.17, 15) is 9.90 Å². The summed E-state index contributed by atoms with van der Waals surface area (Å²) < 4.78 is 0. The van der Waals surface area contributed by atoms with Crippen LogP contribution in [0.25, 0.3) is 10.8 Å². The highest BCUT2D eigenvalue weighted by Gasteiger charge is 2.31. The second-order valence-corrected chi connectivity index (χ2v) is 9.96. The second-order valence-electron chi connectivity index (χ2n) is 9.96. The molecule has 2 unspecified atom stereocenters. The molecule has 1 aliphatic rings. The number of hydrogen-bond donors (Lipinski definition) is 2. The van der Waals surface area contributed by atoms with Crippen LogP contribution in [0.3, 0.4) is 0 Å². The third-order valence-corrected chi connectivity index (χ3v) is 7.66. The second kappa shape index (κ2) is 11.1. The van der Waals surface area contributed by atoms with Gasteiger partial charge < -0.3 is 10.4 Å². The maximum atomic E-state index is 11.7. The quantitative estimate of drug-likeness (QED) is 0.304. The Kier molecular flexibility index (Phi) is 7.45. The molecule has 1 fully saturated rings. The molecular weight excluding hydrogens is 444 g/mol. The molecular formula is C32H34N2O2. The first kappa shape index (κ1) is 24.2. The highest BCUT2D eigenvalue weighted by Crippen LogP contribution is 2.34. The molecule has 184 valence electrons. The van der Waals surface area contributed by atoms with Gasteiger partial charge in [0.05, 0.1) is 5.56 Å². The van der Waals surface area contributed by atoms with Crippen LogP contribution in [0, 0.1) is 5.92 Å². The molecule has 0 saturated carbocycles. The maximum Gasteiger partial charge on any atom is 0.336 e. The Hall–Kier alpha value is -3.47. The fraction of sp³-hybridized carbons (Fsp3) is 0.281. The van der Waals surface area contributed by atoms with Gasteiger partial charge in [0.2, 0.25) is 0 Å². The van der Waals surface area contributed by atoms with E-state index in [4.69, 9.17) is 0 Å². The van der Waals surface area contributed by atoms with Gasteiger partial charge in [-0.3, -0.25) is 4.90 Å². The fourth-order valence-electron chi connectivity index (χ4n) is 5.77. The third kappa shape index (κ3) is 5.35. The fourth-order valence-corrected chi connectivity index (χ4v) is 5.77. The van der Waals surface area contributed by atoms with Gasteiger partial charge in [-0.2, -0.15) is 0 Å². The molecule has 2 N–H and O–H groups in total. The van der Waals surface area contributed by atoms with Crippen molar-refractivity contribution in [1.29, 1.82) is 0 Å². The summed E-state index contributed by atoms with van der Waals surface area (Å²) in [5.74, 6) is 0.0480. The lowest BCUT2D eigenvalue weighted by Crippen LogP contribution is -2.43. The molecule has 4 nitrogen and oxygen atoms in total. The number of aromatic carboxylic acids is 1. The van der Waals surface area contributed by atoms with E-state index in [2.05, 4.69) is 89.9 Å². The normalized spacial score (nSPS) is 19.2. The number of hydrogen-bond acceptors (Lipinski definition) is 3. The van der Waals surface area contributed by atoms with Crippen molar-refractivity contribution in [2.24, 2.45) is 5.92 Å². The van der Waals surface area contributed by atoms with Crippen LogP contribution < -0.4 is 5.32 Å². The lowest BCUT2D eigenvalue weighted by molar-refractivity contribution is 0.0693. The van der Waals surface area contributed by atoms with E-state index in [1.54, 1.807) is 12.1 Å². The predicted octanol–water partition coefficient (Wildman–Crippen LogP) is 6.49. The molecule has 0 radical (unpaired) electrons. The van der Waals surface area contributed by atoms with Gasteiger partial charge in [0, 0.05) is 25.7 Å². The summed E-state index contributed by atoms with van der Waals surface area (Å²) in [5.41, 5.74) is 4.01. The molecule has 5 rings (SSSR count). The SMILES string of the molecule is C[C@@H](NCC1CN(Cc2ccccc2C(=O)O)CCC1c1ccccc1)c1cccc2ccccc12. The van der Waals surface area contributed by atoms with Crippen LogP contribution in [0.1, 0.15) is 52.4 Å². The van der Waals surface area contributed by atoms with Crippen LogP contribution in [0.15, 0.2) is 97.1 Å². The van der Waals surface area contributed by atoms with Gasteiger partial charge in [-0.1, -0.05) is 91.0 Å². The molecule has 1 saturated heterocycles. The number of piperidine rings is 1. The lowest BCUT2D eigenvalue weighted by Gasteiger charge is -2.40. The first-order chi connectivity index (χ1) is 17.6. The van der Waals surface area contributed by atoms with Gasteiger partial charge in [0.15, 0.2) is 0 Å². The molecule has 1 heterocycles. The number of nitrogens with zero attached hydrogens (tertiary/aromatic N) is 1. The van der Waals surface area contributed by atoms with E-state index >= 15 is 0 Å².